The number of furan rings is 1. The van der Waals surface area contributed by atoms with E-state index < -0.39 is 0 Å². The monoisotopic (exact) mass is 447 g/mol. The van der Waals surface area contributed by atoms with Gasteiger partial charge in [0.25, 0.3) is 11.8 Å². The van der Waals surface area contributed by atoms with Crippen LogP contribution in [0.3, 0.4) is 0 Å². The number of halogens is 1. The van der Waals surface area contributed by atoms with Gasteiger partial charge in [0.05, 0.1) is 28.8 Å². The molecule has 1 fully saturated rings. The van der Waals surface area contributed by atoms with E-state index in [0.717, 1.165) is 44.2 Å². The number of fused-ring (bicyclic) bond motifs is 1. The normalized spacial score (nSPS) is 16.9. The van der Waals surface area contributed by atoms with Crippen molar-refractivity contribution in [3.63, 3.8) is 0 Å². The van der Waals surface area contributed by atoms with Gasteiger partial charge in [-0.15, -0.1) is 0 Å². The Morgan fingerprint density at radius 2 is 1.75 bits per heavy atom. The summed E-state index contributed by atoms with van der Waals surface area (Å²) < 4.78 is 5.32. The molecule has 6 nitrogen and oxygen atoms in total. The van der Waals surface area contributed by atoms with Crippen LogP contribution in [0, 0.1) is 0 Å². The van der Waals surface area contributed by atoms with Crippen LogP contribution in [0.5, 0.6) is 0 Å². The van der Waals surface area contributed by atoms with Gasteiger partial charge in [-0.2, -0.15) is 0 Å². The lowest BCUT2D eigenvalue weighted by Crippen LogP contribution is -2.46. The van der Waals surface area contributed by atoms with Crippen molar-refractivity contribution in [1.82, 2.24) is 4.90 Å². The minimum Gasteiger partial charge on any atom is -0.465 e. The van der Waals surface area contributed by atoms with E-state index in [1.807, 2.05) is 30.3 Å². The minimum atomic E-state index is -0.309. The summed E-state index contributed by atoms with van der Waals surface area (Å²) in [6.07, 6.45) is 5.74. The number of imide groups is 1. The number of piperazine rings is 1. The Bertz CT molecular complexity index is 1180. The van der Waals surface area contributed by atoms with Gasteiger partial charge in [0.1, 0.15) is 5.76 Å². The number of carbonyl (C=O) groups is 2. The molecule has 1 saturated heterocycles. The van der Waals surface area contributed by atoms with Crippen molar-refractivity contribution >= 4 is 40.9 Å². The molecule has 1 aromatic heterocycles. The third kappa shape index (κ3) is 3.83. The van der Waals surface area contributed by atoms with Crippen LogP contribution in [0.2, 0.25) is 5.02 Å². The van der Waals surface area contributed by atoms with Crippen molar-refractivity contribution in [2.45, 2.75) is 0 Å². The Balaban J connectivity index is 1.31. The van der Waals surface area contributed by atoms with E-state index in [4.69, 9.17) is 16.0 Å². The molecule has 3 heterocycles. The molecule has 2 amide bonds. The van der Waals surface area contributed by atoms with Gasteiger partial charge in [0.2, 0.25) is 0 Å². The quantitative estimate of drug-likeness (QED) is 0.536. The molecule has 0 radical (unpaired) electrons. The molecule has 162 valence electrons. The highest BCUT2D eigenvalue weighted by Gasteiger charge is 2.39. The zero-order chi connectivity index (χ0) is 22.1. The summed E-state index contributed by atoms with van der Waals surface area (Å²) in [4.78, 5) is 32.1. The predicted octanol–water partition coefficient (Wildman–Crippen LogP) is 4.57. The zero-order valence-electron chi connectivity index (χ0n) is 17.4. The lowest BCUT2D eigenvalue weighted by atomic mass is 10.1. The number of hydrogen-bond donors (Lipinski definition) is 0. The molecule has 0 atom stereocenters. The molecule has 32 heavy (non-hydrogen) atoms. The Labute approximate surface area is 191 Å². The summed E-state index contributed by atoms with van der Waals surface area (Å²) in [5.74, 6) is 0.235. The molecule has 0 spiro atoms. The molecule has 7 heteroatoms. The SMILES string of the molecule is O=C1c2cccc(N3CCN(C/C=C/c4ccco4)CC3)c2C(=O)N1c1cccc(Cl)c1. The average Bonchev–Trinajstić information content (AvgIpc) is 3.41. The highest BCUT2D eigenvalue weighted by atomic mass is 35.5. The van der Waals surface area contributed by atoms with E-state index in [-0.39, 0.29) is 11.8 Å². The van der Waals surface area contributed by atoms with Crippen LogP contribution < -0.4 is 9.80 Å². The first-order valence-electron chi connectivity index (χ1n) is 10.6. The van der Waals surface area contributed by atoms with Crippen molar-refractivity contribution in [2.24, 2.45) is 0 Å². The fourth-order valence-electron chi connectivity index (χ4n) is 4.26. The molecule has 2 aliphatic rings. The molecule has 2 aromatic carbocycles. The zero-order valence-corrected chi connectivity index (χ0v) is 18.2. The number of rotatable bonds is 5. The highest BCUT2D eigenvalue weighted by molar-refractivity contribution is 6.37. The van der Waals surface area contributed by atoms with Crippen LogP contribution in [0.25, 0.3) is 6.08 Å². The number of nitrogens with zero attached hydrogens (tertiary/aromatic N) is 3. The van der Waals surface area contributed by atoms with E-state index in [0.29, 0.717) is 21.8 Å². The van der Waals surface area contributed by atoms with Crippen LogP contribution in [0.4, 0.5) is 11.4 Å². The summed E-state index contributed by atoms with van der Waals surface area (Å²) in [5.41, 5.74) is 2.22. The molecule has 0 N–H and O–H groups in total. The molecule has 0 saturated carbocycles. The maximum Gasteiger partial charge on any atom is 0.268 e. The van der Waals surface area contributed by atoms with Gasteiger partial charge in [-0.1, -0.05) is 29.8 Å². The number of benzene rings is 2. The maximum atomic E-state index is 13.3. The molecule has 0 aliphatic carbocycles. The number of amides is 2. The summed E-state index contributed by atoms with van der Waals surface area (Å²) in [7, 11) is 0. The maximum absolute atomic E-state index is 13.3. The third-order valence-corrected chi connectivity index (χ3v) is 6.10. The highest BCUT2D eigenvalue weighted by Crippen LogP contribution is 2.35. The van der Waals surface area contributed by atoms with Gasteiger partial charge in [0, 0.05) is 37.7 Å². The third-order valence-electron chi connectivity index (χ3n) is 5.86. The second kappa shape index (κ2) is 8.65. The summed E-state index contributed by atoms with van der Waals surface area (Å²) in [6, 6.07) is 16.1. The fourth-order valence-corrected chi connectivity index (χ4v) is 4.44. The second-order valence-corrected chi connectivity index (χ2v) is 8.27. The van der Waals surface area contributed by atoms with Crippen LogP contribution in [0.1, 0.15) is 26.5 Å². The Morgan fingerprint density at radius 3 is 2.50 bits per heavy atom. The van der Waals surface area contributed by atoms with Crippen molar-refractivity contribution in [1.29, 1.82) is 0 Å². The minimum absolute atomic E-state index is 0.299. The molecule has 0 bridgehead atoms. The topological polar surface area (TPSA) is 57.0 Å². The van der Waals surface area contributed by atoms with E-state index in [2.05, 4.69) is 15.9 Å². The lowest BCUT2D eigenvalue weighted by molar-refractivity contribution is 0.0926. The van der Waals surface area contributed by atoms with Crippen LogP contribution in [-0.4, -0.2) is 49.4 Å². The predicted molar refractivity (Wildman–Crippen MR) is 125 cm³/mol. The average molecular weight is 448 g/mol. The Hall–Kier alpha value is -3.35. The second-order valence-electron chi connectivity index (χ2n) is 7.83. The number of anilines is 2. The molecule has 3 aromatic rings. The summed E-state index contributed by atoms with van der Waals surface area (Å²) in [5, 5.41) is 0.483. The summed E-state index contributed by atoms with van der Waals surface area (Å²) in [6.45, 7) is 4.13. The first-order valence-corrected chi connectivity index (χ1v) is 10.9. The van der Waals surface area contributed by atoms with Crippen LogP contribution >= 0.6 is 11.6 Å². The lowest BCUT2D eigenvalue weighted by Gasteiger charge is -2.36. The van der Waals surface area contributed by atoms with Crippen molar-refractivity contribution in [2.75, 3.05) is 42.5 Å². The van der Waals surface area contributed by atoms with E-state index >= 15 is 0 Å². The van der Waals surface area contributed by atoms with Gasteiger partial charge in [-0.25, -0.2) is 4.90 Å². The van der Waals surface area contributed by atoms with Gasteiger partial charge in [-0.05, 0) is 48.5 Å². The molecular formula is C25H22ClN3O3. The van der Waals surface area contributed by atoms with Crippen LogP contribution in [-0.2, 0) is 0 Å². The van der Waals surface area contributed by atoms with Crippen molar-refractivity contribution in [3.05, 3.63) is 88.8 Å². The first-order chi connectivity index (χ1) is 15.6. The Kier molecular flexibility index (Phi) is 5.55. The first kappa shape index (κ1) is 20.5. The van der Waals surface area contributed by atoms with Crippen molar-refractivity contribution < 1.29 is 14.0 Å². The van der Waals surface area contributed by atoms with E-state index in [1.54, 1.807) is 36.6 Å². The van der Waals surface area contributed by atoms with Gasteiger partial charge >= 0.3 is 0 Å². The van der Waals surface area contributed by atoms with Gasteiger partial charge in [-0.3, -0.25) is 14.5 Å². The fraction of sp³-hybridized carbons (Fsp3) is 0.200. The van der Waals surface area contributed by atoms with Gasteiger partial charge in [0.15, 0.2) is 0 Å². The summed E-state index contributed by atoms with van der Waals surface area (Å²) >= 11 is 6.09. The molecular weight excluding hydrogens is 426 g/mol. The molecule has 0 unspecified atom stereocenters. The number of hydrogen-bond acceptors (Lipinski definition) is 5. The van der Waals surface area contributed by atoms with E-state index in [1.165, 1.54) is 4.90 Å². The van der Waals surface area contributed by atoms with Gasteiger partial charge < -0.3 is 9.32 Å². The Morgan fingerprint density at radius 1 is 0.938 bits per heavy atom. The smallest absolute Gasteiger partial charge is 0.268 e. The largest absolute Gasteiger partial charge is 0.465 e. The van der Waals surface area contributed by atoms with Crippen molar-refractivity contribution in [3.8, 4) is 0 Å². The number of carbonyl (C=O) groups excluding carboxylic acids is 2. The molecule has 5 rings (SSSR count). The van der Waals surface area contributed by atoms with Crippen LogP contribution in [0.15, 0.2) is 71.4 Å². The molecule has 2 aliphatic heterocycles. The van der Waals surface area contributed by atoms with E-state index in [9.17, 15) is 9.59 Å². The standard InChI is InChI=1S/C25H22ClN3O3/c26-18-5-1-6-19(17-18)29-24(30)21-9-2-10-22(23(21)25(29)31)28-14-12-27(13-15-28)11-3-7-20-8-4-16-32-20/h1-10,16-17H,11-15H2/b7-3+.